The van der Waals surface area contributed by atoms with Crippen molar-refractivity contribution in [2.45, 2.75) is 6.54 Å². The summed E-state index contributed by atoms with van der Waals surface area (Å²) in [6.07, 6.45) is 3.19. The minimum absolute atomic E-state index is 0.240. The molecule has 2 aromatic rings. The molecule has 0 bridgehead atoms. The average molecular weight is 193 g/mol. The lowest BCUT2D eigenvalue weighted by Gasteiger charge is -1.99. The smallest absolute Gasteiger partial charge is 0.293 e. The first kappa shape index (κ1) is 8.12. The summed E-state index contributed by atoms with van der Waals surface area (Å²) in [6.45, 7) is 0.496. The lowest BCUT2D eigenvalue weighted by Crippen LogP contribution is -2.21. The van der Waals surface area contributed by atoms with Gasteiger partial charge in [0.25, 0.3) is 0 Å². The zero-order chi connectivity index (χ0) is 9.10. The molecule has 4 nitrogen and oxygen atoms in total. The molecular formula is C8H7N3OS. The minimum atomic E-state index is -0.240. The third-order valence-electron chi connectivity index (χ3n) is 1.60. The second kappa shape index (κ2) is 3.49. The first-order valence-electron chi connectivity index (χ1n) is 3.75. The maximum Gasteiger partial charge on any atom is 0.347 e. The molecule has 0 saturated carbocycles. The van der Waals surface area contributed by atoms with Gasteiger partial charge in [-0.2, -0.15) is 0 Å². The molecule has 0 radical (unpaired) electrons. The summed E-state index contributed by atoms with van der Waals surface area (Å²) >= 11 is 1.52. The summed E-state index contributed by atoms with van der Waals surface area (Å²) in [5.41, 5.74) is 2.40. The van der Waals surface area contributed by atoms with Crippen LogP contribution in [0.5, 0.6) is 0 Å². The fourth-order valence-corrected chi connectivity index (χ4v) is 1.55. The highest BCUT2D eigenvalue weighted by Crippen LogP contribution is 2.01. The summed E-state index contributed by atoms with van der Waals surface area (Å²) in [7, 11) is 0. The van der Waals surface area contributed by atoms with Gasteiger partial charge >= 0.3 is 5.69 Å². The van der Waals surface area contributed by atoms with Crippen LogP contribution in [0, 0.1) is 0 Å². The van der Waals surface area contributed by atoms with Crippen LogP contribution in [0.2, 0.25) is 0 Å². The SMILES string of the molecule is O=c1ncccn1Cc1cscn1. The number of hydrogen-bond donors (Lipinski definition) is 0. The van der Waals surface area contributed by atoms with E-state index in [-0.39, 0.29) is 5.69 Å². The first-order valence-corrected chi connectivity index (χ1v) is 4.69. The van der Waals surface area contributed by atoms with E-state index >= 15 is 0 Å². The quantitative estimate of drug-likeness (QED) is 0.707. The van der Waals surface area contributed by atoms with E-state index in [1.54, 1.807) is 17.8 Å². The molecule has 0 fully saturated rings. The van der Waals surface area contributed by atoms with Gasteiger partial charge in [-0.15, -0.1) is 11.3 Å². The molecule has 0 saturated heterocycles. The molecule has 2 heterocycles. The van der Waals surface area contributed by atoms with Crippen molar-refractivity contribution in [1.29, 1.82) is 0 Å². The maximum atomic E-state index is 11.2. The molecule has 0 N–H and O–H groups in total. The molecule has 0 aromatic carbocycles. The predicted octanol–water partition coefficient (Wildman–Crippen LogP) is 0.748. The van der Waals surface area contributed by atoms with E-state index in [9.17, 15) is 4.79 Å². The molecule has 13 heavy (non-hydrogen) atoms. The number of rotatable bonds is 2. The molecule has 0 unspecified atom stereocenters. The van der Waals surface area contributed by atoms with Gasteiger partial charge in [0.15, 0.2) is 0 Å². The van der Waals surface area contributed by atoms with Gasteiger partial charge in [0.1, 0.15) is 0 Å². The Bertz CT molecular complexity index is 435. The van der Waals surface area contributed by atoms with Crippen LogP contribution >= 0.6 is 11.3 Å². The molecule has 0 atom stereocenters. The first-order chi connectivity index (χ1) is 6.36. The van der Waals surface area contributed by atoms with Crippen LogP contribution in [0.4, 0.5) is 0 Å². The number of aromatic nitrogens is 3. The number of thiazole rings is 1. The van der Waals surface area contributed by atoms with Crippen molar-refractivity contribution in [1.82, 2.24) is 14.5 Å². The Labute approximate surface area is 78.5 Å². The normalized spacial score (nSPS) is 10.2. The van der Waals surface area contributed by atoms with Crippen LogP contribution < -0.4 is 5.69 Å². The highest BCUT2D eigenvalue weighted by atomic mass is 32.1. The second-order valence-corrected chi connectivity index (χ2v) is 3.23. The Hall–Kier alpha value is -1.49. The van der Waals surface area contributed by atoms with Crippen molar-refractivity contribution < 1.29 is 0 Å². The van der Waals surface area contributed by atoms with Crippen LogP contribution in [0.3, 0.4) is 0 Å². The van der Waals surface area contributed by atoms with Gasteiger partial charge in [0.2, 0.25) is 0 Å². The van der Waals surface area contributed by atoms with E-state index in [0.717, 1.165) is 5.69 Å². The van der Waals surface area contributed by atoms with Crippen LogP contribution in [0.15, 0.2) is 34.1 Å². The topological polar surface area (TPSA) is 47.8 Å². The highest BCUT2D eigenvalue weighted by molar-refractivity contribution is 7.07. The van der Waals surface area contributed by atoms with Crippen LogP contribution in [0.1, 0.15) is 5.69 Å². The lowest BCUT2D eigenvalue weighted by atomic mass is 10.5. The van der Waals surface area contributed by atoms with Crippen molar-refractivity contribution in [3.05, 3.63) is 45.5 Å². The third kappa shape index (κ3) is 1.81. The van der Waals surface area contributed by atoms with Gasteiger partial charge < -0.3 is 0 Å². The van der Waals surface area contributed by atoms with Gasteiger partial charge in [0.05, 0.1) is 17.7 Å². The molecule has 0 aliphatic carbocycles. The van der Waals surface area contributed by atoms with Crippen LogP contribution in [0.25, 0.3) is 0 Å². The third-order valence-corrected chi connectivity index (χ3v) is 2.23. The lowest BCUT2D eigenvalue weighted by molar-refractivity contribution is 0.714. The predicted molar refractivity (Wildman–Crippen MR) is 49.7 cm³/mol. The summed E-state index contributed by atoms with van der Waals surface area (Å²) in [4.78, 5) is 18.9. The molecule has 66 valence electrons. The molecule has 2 rings (SSSR count). The standard InChI is InChI=1S/C8H7N3OS/c12-8-9-2-1-3-11(8)4-7-5-13-6-10-7/h1-3,5-6H,4H2. The highest BCUT2D eigenvalue weighted by Gasteiger charge is 1.98. The Morgan fingerprint density at radius 2 is 2.38 bits per heavy atom. The second-order valence-electron chi connectivity index (χ2n) is 2.51. The largest absolute Gasteiger partial charge is 0.347 e. The Kier molecular flexibility index (Phi) is 2.18. The molecule has 2 aromatic heterocycles. The van der Waals surface area contributed by atoms with Crippen molar-refractivity contribution in [3.8, 4) is 0 Å². The van der Waals surface area contributed by atoms with Crippen molar-refractivity contribution in [2.24, 2.45) is 0 Å². The maximum absolute atomic E-state index is 11.2. The van der Waals surface area contributed by atoms with Crippen molar-refractivity contribution >= 4 is 11.3 Å². The van der Waals surface area contributed by atoms with Gasteiger partial charge in [0, 0.05) is 17.8 Å². The Morgan fingerprint density at radius 3 is 3.08 bits per heavy atom. The molecule has 0 amide bonds. The molecular weight excluding hydrogens is 186 g/mol. The van der Waals surface area contributed by atoms with E-state index in [0.29, 0.717) is 6.54 Å². The Morgan fingerprint density at radius 1 is 1.46 bits per heavy atom. The van der Waals surface area contributed by atoms with Crippen molar-refractivity contribution in [3.63, 3.8) is 0 Å². The summed E-state index contributed by atoms with van der Waals surface area (Å²) in [5.74, 6) is 0. The van der Waals surface area contributed by atoms with Crippen LogP contribution in [-0.2, 0) is 6.54 Å². The summed E-state index contributed by atoms with van der Waals surface area (Å²) in [5, 5.41) is 1.92. The van der Waals surface area contributed by atoms with E-state index in [2.05, 4.69) is 9.97 Å². The minimum Gasteiger partial charge on any atom is -0.293 e. The zero-order valence-electron chi connectivity index (χ0n) is 6.75. The van der Waals surface area contributed by atoms with Gasteiger partial charge in [-0.25, -0.2) is 14.8 Å². The van der Waals surface area contributed by atoms with E-state index in [4.69, 9.17) is 0 Å². The van der Waals surface area contributed by atoms with E-state index in [1.807, 2.05) is 5.38 Å². The zero-order valence-corrected chi connectivity index (χ0v) is 7.57. The Balaban J connectivity index is 2.29. The average Bonchev–Trinajstić information content (AvgIpc) is 2.61. The molecule has 0 aliphatic rings. The summed E-state index contributed by atoms with van der Waals surface area (Å²) in [6, 6.07) is 1.73. The van der Waals surface area contributed by atoms with Gasteiger partial charge in [-0.05, 0) is 6.07 Å². The number of nitrogens with zero attached hydrogens (tertiary/aromatic N) is 3. The molecule has 0 spiro atoms. The van der Waals surface area contributed by atoms with Crippen molar-refractivity contribution in [2.75, 3.05) is 0 Å². The van der Waals surface area contributed by atoms with Gasteiger partial charge in [-0.3, -0.25) is 4.57 Å². The van der Waals surface area contributed by atoms with E-state index < -0.39 is 0 Å². The molecule has 5 heteroatoms. The van der Waals surface area contributed by atoms with E-state index in [1.165, 1.54) is 22.1 Å². The number of hydrogen-bond acceptors (Lipinski definition) is 4. The van der Waals surface area contributed by atoms with Crippen LogP contribution in [-0.4, -0.2) is 14.5 Å². The monoisotopic (exact) mass is 193 g/mol. The van der Waals surface area contributed by atoms with Gasteiger partial charge in [-0.1, -0.05) is 0 Å². The fraction of sp³-hybridized carbons (Fsp3) is 0.125. The fourth-order valence-electron chi connectivity index (χ4n) is 0.998. The summed E-state index contributed by atoms with van der Waals surface area (Å²) < 4.78 is 1.52. The molecule has 0 aliphatic heterocycles.